The number of aryl methyl sites for hydroxylation is 1. The number of hydrogen-bond donors (Lipinski definition) is 2. The Morgan fingerprint density at radius 3 is 2.58 bits per heavy atom. The lowest BCUT2D eigenvalue weighted by atomic mass is 9.91. The Morgan fingerprint density at radius 1 is 1.25 bits per heavy atom. The summed E-state index contributed by atoms with van der Waals surface area (Å²) in [5, 5.41) is 3.66. The average molecular weight is 332 g/mol. The van der Waals surface area contributed by atoms with Gasteiger partial charge >= 0.3 is 0 Å². The first-order chi connectivity index (χ1) is 11.3. The molecule has 0 spiro atoms. The topological polar surface area (TPSA) is 63.4 Å². The summed E-state index contributed by atoms with van der Waals surface area (Å²) in [5.41, 5.74) is 8.09. The van der Waals surface area contributed by atoms with E-state index in [0.29, 0.717) is 12.1 Å². The Morgan fingerprint density at radius 2 is 1.96 bits per heavy atom. The van der Waals surface area contributed by atoms with Crippen molar-refractivity contribution in [3.63, 3.8) is 0 Å². The maximum Gasteiger partial charge on any atom is 0.129 e. The van der Waals surface area contributed by atoms with Crippen molar-refractivity contribution in [2.45, 2.75) is 77.2 Å². The van der Waals surface area contributed by atoms with Gasteiger partial charge in [-0.25, -0.2) is 4.98 Å². The highest BCUT2D eigenvalue weighted by Gasteiger charge is 2.32. The molecule has 2 heterocycles. The SMILES string of the molecule is Cc1nc(N2CC(C)OC(C)(C)C2)ccc1NC1CCC(N)CC1. The molecule has 2 fully saturated rings. The van der Waals surface area contributed by atoms with Crippen LogP contribution in [-0.4, -0.2) is 41.9 Å². The van der Waals surface area contributed by atoms with Crippen LogP contribution in [0.25, 0.3) is 0 Å². The van der Waals surface area contributed by atoms with Crippen LogP contribution < -0.4 is 16.0 Å². The second kappa shape index (κ2) is 6.89. The van der Waals surface area contributed by atoms with E-state index < -0.39 is 0 Å². The van der Waals surface area contributed by atoms with Crippen molar-refractivity contribution in [2.24, 2.45) is 5.73 Å². The molecule has 1 saturated heterocycles. The Labute approximate surface area is 146 Å². The molecule has 1 aliphatic carbocycles. The lowest BCUT2D eigenvalue weighted by Crippen LogP contribution is -2.52. The van der Waals surface area contributed by atoms with Gasteiger partial charge in [0.25, 0.3) is 0 Å². The Hall–Kier alpha value is -1.33. The summed E-state index contributed by atoms with van der Waals surface area (Å²) in [6.07, 6.45) is 4.75. The molecule has 0 amide bonds. The van der Waals surface area contributed by atoms with E-state index in [1.54, 1.807) is 0 Å². The fourth-order valence-electron chi connectivity index (χ4n) is 3.99. The summed E-state index contributed by atoms with van der Waals surface area (Å²) < 4.78 is 6.00. The van der Waals surface area contributed by atoms with E-state index >= 15 is 0 Å². The number of nitrogens with zero attached hydrogens (tertiary/aromatic N) is 2. The molecule has 24 heavy (non-hydrogen) atoms. The molecule has 0 radical (unpaired) electrons. The largest absolute Gasteiger partial charge is 0.381 e. The Balaban J connectivity index is 1.68. The summed E-state index contributed by atoms with van der Waals surface area (Å²) in [5.74, 6) is 1.05. The van der Waals surface area contributed by atoms with E-state index in [9.17, 15) is 0 Å². The van der Waals surface area contributed by atoms with Crippen molar-refractivity contribution in [1.82, 2.24) is 4.98 Å². The smallest absolute Gasteiger partial charge is 0.129 e. The summed E-state index contributed by atoms with van der Waals surface area (Å²) in [4.78, 5) is 7.20. The van der Waals surface area contributed by atoms with Gasteiger partial charge in [-0.2, -0.15) is 0 Å². The van der Waals surface area contributed by atoms with Crippen molar-refractivity contribution in [1.29, 1.82) is 0 Å². The number of nitrogens with one attached hydrogen (secondary N) is 1. The number of rotatable bonds is 3. The Kier molecular flexibility index (Phi) is 5.02. The van der Waals surface area contributed by atoms with E-state index in [2.05, 4.69) is 50.0 Å². The number of nitrogens with two attached hydrogens (primary N) is 1. The molecule has 5 heteroatoms. The van der Waals surface area contributed by atoms with Crippen LogP contribution in [0, 0.1) is 6.92 Å². The number of hydrogen-bond acceptors (Lipinski definition) is 5. The van der Waals surface area contributed by atoms with Crippen LogP contribution in [0.2, 0.25) is 0 Å². The molecule has 3 rings (SSSR count). The summed E-state index contributed by atoms with van der Waals surface area (Å²) >= 11 is 0. The van der Waals surface area contributed by atoms with Crippen molar-refractivity contribution in [3.8, 4) is 0 Å². The number of anilines is 2. The highest BCUT2D eigenvalue weighted by Crippen LogP contribution is 2.28. The van der Waals surface area contributed by atoms with Gasteiger partial charge in [-0.15, -0.1) is 0 Å². The highest BCUT2D eigenvalue weighted by molar-refractivity contribution is 5.54. The molecule has 0 bridgehead atoms. The minimum absolute atomic E-state index is 0.134. The highest BCUT2D eigenvalue weighted by atomic mass is 16.5. The van der Waals surface area contributed by atoms with Gasteiger partial charge in [0.1, 0.15) is 5.82 Å². The monoisotopic (exact) mass is 332 g/mol. The van der Waals surface area contributed by atoms with Gasteiger partial charge in [0.05, 0.1) is 23.1 Å². The third-order valence-corrected chi connectivity index (χ3v) is 5.10. The minimum atomic E-state index is -0.134. The summed E-state index contributed by atoms with van der Waals surface area (Å²) in [6.45, 7) is 10.3. The maximum atomic E-state index is 6.00. The predicted molar refractivity (Wildman–Crippen MR) is 99.7 cm³/mol. The first kappa shape index (κ1) is 17.5. The number of ether oxygens (including phenoxy) is 1. The van der Waals surface area contributed by atoms with Gasteiger partial charge in [0.15, 0.2) is 0 Å². The van der Waals surface area contributed by atoms with E-state index in [1.165, 1.54) is 0 Å². The molecule has 1 aliphatic heterocycles. The number of pyridine rings is 1. The molecular weight excluding hydrogens is 300 g/mol. The summed E-state index contributed by atoms with van der Waals surface area (Å²) in [6, 6.07) is 5.23. The maximum absolute atomic E-state index is 6.00. The van der Waals surface area contributed by atoms with Crippen LogP contribution in [0.15, 0.2) is 12.1 Å². The van der Waals surface area contributed by atoms with Crippen molar-refractivity contribution >= 4 is 11.5 Å². The quantitative estimate of drug-likeness (QED) is 0.890. The van der Waals surface area contributed by atoms with Crippen molar-refractivity contribution < 1.29 is 4.74 Å². The lowest BCUT2D eigenvalue weighted by Gasteiger charge is -2.42. The lowest BCUT2D eigenvalue weighted by molar-refractivity contribution is -0.0751. The second-order valence-corrected chi connectivity index (χ2v) is 8.13. The molecule has 134 valence electrons. The zero-order valence-corrected chi connectivity index (χ0v) is 15.5. The number of morpholine rings is 1. The van der Waals surface area contributed by atoms with Crippen LogP contribution >= 0.6 is 0 Å². The fourth-order valence-corrected chi connectivity index (χ4v) is 3.99. The third kappa shape index (κ3) is 4.19. The zero-order chi connectivity index (χ0) is 17.3. The summed E-state index contributed by atoms with van der Waals surface area (Å²) in [7, 11) is 0. The van der Waals surface area contributed by atoms with Gasteiger partial charge in [0, 0.05) is 25.2 Å². The minimum Gasteiger partial charge on any atom is -0.381 e. The van der Waals surface area contributed by atoms with Crippen LogP contribution in [0.3, 0.4) is 0 Å². The molecule has 0 aromatic carbocycles. The molecule has 1 atom stereocenters. The van der Waals surface area contributed by atoms with E-state index in [1.807, 2.05) is 0 Å². The molecule has 5 nitrogen and oxygen atoms in total. The molecule has 1 aromatic heterocycles. The van der Waals surface area contributed by atoms with Gasteiger partial charge in [-0.3, -0.25) is 0 Å². The van der Waals surface area contributed by atoms with Crippen LogP contribution in [0.4, 0.5) is 11.5 Å². The van der Waals surface area contributed by atoms with E-state index in [4.69, 9.17) is 15.5 Å². The van der Waals surface area contributed by atoms with Gasteiger partial charge in [-0.1, -0.05) is 0 Å². The average Bonchev–Trinajstić information content (AvgIpc) is 2.49. The van der Waals surface area contributed by atoms with Crippen molar-refractivity contribution in [2.75, 3.05) is 23.3 Å². The van der Waals surface area contributed by atoms with Gasteiger partial charge in [0.2, 0.25) is 0 Å². The normalized spacial score (nSPS) is 30.2. The first-order valence-corrected chi connectivity index (χ1v) is 9.25. The number of aromatic nitrogens is 1. The molecule has 1 aromatic rings. The van der Waals surface area contributed by atoms with Gasteiger partial charge in [-0.05, 0) is 65.5 Å². The standard InChI is InChI=1S/C19H32N4O/c1-13-11-23(12-19(3,4)24-13)18-10-9-17(14(2)21-18)22-16-7-5-15(20)6-8-16/h9-10,13,15-16,22H,5-8,11-12,20H2,1-4H3. The van der Waals surface area contributed by atoms with Crippen molar-refractivity contribution in [3.05, 3.63) is 17.8 Å². The second-order valence-electron chi connectivity index (χ2n) is 8.13. The van der Waals surface area contributed by atoms with E-state index in [-0.39, 0.29) is 11.7 Å². The third-order valence-electron chi connectivity index (χ3n) is 5.10. The fraction of sp³-hybridized carbons (Fsp3) is 0.737. The molecule has 1 unspecified atom stereocenters. The molecule has 2 aliphatic rings. The van der Waals surface area contributed by atoms with Crippen LogP contribution in [-0.2, 0) is 4.74 Å². The molecular formula is C19H32N4O. The molecule has 3 N–H and O–H groups in total. The van der Waals surface area contributed by atoms with Gasteiger partial charge < -0.3 is 20.7 Å². The predicted octanol–water partition coefficient (Wildman–Crippen LogP) is 3.08. The molecule has 1 saturated carbocycles. The first-order valence-electron chi connectivity index (χ1n) is 9.25. The Bertz CT molecular complexity index is 566. The zero-order valence-electron chi connectivity index (χ0n) is 15.5. The van der Waals surface area contributed by atoms with Crippen LogP contribution in [0.1, 0.15) is 52.1 Å². The van der Waals surface area contributed by atoms with Crippen LogP contribution in [0.5, 0.6) is 0 Å². The van der Waals surface area contributed by atoms with E-state index in [0.717, 1.165) is 56.0 Å².